The molecule has 150 valence electrons. The Bertz CT molecular complexity index is 797. The summed E-state index contributed by atoms with van der Waals surface area (Å²) in [4.78, 5) is 36.9. The quantitative estimate of drug-likeness (QED) is 0.127. The van der Waals surface area contributed by atoms with Crippen LogP contribution >= 0.6 is 34.6 Å². The Kier molecular flexibility index (Phi) is 10.3. The molecule has 0 aliphatic carbocycles. The lowest BCUT2D eigenvalue weighted by molar-refractivity contribution is -0.121. The van der Waals surface area contributed by atoms with E-state index in [1.807, 2.05) is 0 Å². The van der Waals surface area contributed by atoms with Crippen molar-refractivity contribution in [1.29, 1.82) is 0 Å². The van der Waals surface area contributed by atoms with Gasteiger partial charge >= 0.3 is 0 Å². The van der Waals surface area contributed by atoms with Gasteiger partial charge in [0, 0.05) is 11.3 Å². The lowest BCUT2D eigenvalue weighted by atomic mass is 10.2. The van der Waals surface area contributed by atoms with Crippen LogP contribution in [0.4, 0.5) is 0 Å². The summed E-state index contributed by atoms with van der Waals surface area (Å²) in [6.45, 7) is 0. The van der Waals surface area contributed by atoms with Crippen molar-refractivity contribution in [2.24, 2.45) is 0 Å². The number of amides is 2. The van der Waals surface area contributed by atoms with E-state index in [4.69, 9.17) is 4.55 Å². The third-order valence-corrected chi connectivity index (χ3v) is 6.93. The first-order valence-corrected chi connectivity index (χ1v) is 13.4. The van der Waals surface area contributed by atoms with Crippen LogP contribution in [0.25, 0.3) is 0 Å². The maximum absolute atomic E-state index is 12.5. The highest BCUT2D eigenvalue weighted by molar-refractivity contribution is 14.1. The third-order valence-electron chi connectivity index (χ3n) is 3.23. The van der Waals surface area contributed by atoms with Crippen molar-refractivity contribution < 1.29 is 27.4 Å². The summed E-state index contributed by atoms with van der Waals surface area (Å²) in [6.07, 6.45) is 6.43. The predicted molar refractivity (Wildman–Crippen MR) is 117 cm³/mol. The normalized spacial score (nSPS) is 11.4. The molecule has 0 aliphatic rings. The number of unbranched alkanes of at least 4 members (excludes halogenated alkanes) is 1. The van der Waals surface area contributed by atoms with Crippen LogP contribution in [-0.2, 0) is 30.6 Å². The fraction of sp³-hybridized carbons (Fsp3) is 0.438. The first-order chi connectivity index (χ1) is 12.5. The highest BCUT2D eigenvalue weighted by Crippen LogP contribution is 2.27. The molecule has 11 heteroatoms. The zero-order valence-electron chi connectivity index (χ0n) is 14.9. The van der Waals surface area contributed by atoms with Gasteiger partial charge in [-0.1, -0.05) is 23.9 Å². The number of thioether (sulfide) groups is 1. The lowest BCUT2D eigenvalue weighted by Gasteiger charge is -2.14. The Morgan fingerprint density at radius 3 is 2.41 bits per heavy atom. The summed E-state index contributed by atoms with van der Waals surface area (Å²) in [5.41, 5.74) is 0.123. The van der Waals surface area contributed by atoms with Gasteiger partial charge < -0.3 is 0 Å². The number of hydrogen-bond acceptors (Lipinski definition) is 6. The van der Waals surface area contributed by atoms with Gasteiger partial charge in [-0.05, 0) is 35.9 Å². The Morgan fingerprint density at radius 2 is 1.81 bits per heavy atom. The molecule has 0 bridgehead atoms. The summed E-state index contributed by atoms with van der Waals surface area (Å²) in [5.74, 6) is -1.93. The lowest BCUT2D eigenvalue weighted by Crippen LogP contribution is -2.33. The third kappa shape index (κ3) is 9.41. The fourth-order valence-corrected chi connectivity index (χ4v) is 4.79. The number of imide groups is 1. The number of hydrogen-bond donors (Lipinski definition) is 1. The Balaban J connectivity index is 2.79. The molecule has 0 atom stereocenters. The minimum absolute atomic E-state index is 0.0772. The molecule has 27 heavy (non-hydrogen) atoms. The van der Waals surface area contributed by atoms with Gasteiger partial charge in [0.2, 0.25) is 0 Å². The van der Waals surface area contributed by atoms with Gasteiger partial charge in [-0.3, -0.25) is 18.9 Å². The topological polar surface area (TPSA) is 109 Å². The van der Waals surface area contributed by atoms with Crippen LogP contribution in [0.1, 0.15) is 29.6 Å². The van der Waals surface area contributed by atoms with Crippen molar-refractivity contribution in [2.45, 2.75) is 24.2 Å². The zero-order valence-corrected chi connectivity index (χ0v) is 19.5. The minimum atomic E-state index is -4.54. The van der Waals surface area contributed by atoms with E-state index in [0.29, 0.717) is 25.3 Å². The first kappa shape index (κ1) is 24.4. The second-order valence-corrected chi connectivity index (χ2v) is 11.7. The molecule has 0 aromatic heterocycles. The standard InChI is InChI=1S/C16H20INO6S3/c1-26(2)10-6-5-9-15(20)25-13-8-4-3-7-12(13)16(21)18(17)14(19)11-27(22,23)24/h3-4,7-8H,5-6,9-11H2,1-2H3/p+1. The van der Waals surface area contributed by atoms with Crippen LogP contribution in [0.5, 0.6) is 0 Å². The van der Waals surface area contributed by atoms with Crippen molar-refractivity contribution >= 4 is 72.6 Å². The number of halogens is 1. The minimum Gasteiger partial charge on any atom is -0.287 e. The zero-order chi connectivity index (χ0) is 20.6. The van der Waals surface area contributed by atoms with Crippen LogP contribution in [-0.4, -0.2) is 57.0 Å². The molecule has 1 aromatic carbocycles. The van der Waals surface area contributed by atoms with Gasteiger partial charge in [0.05, 0.1) is 40.9 Å². The number of carbonyl (C=O) groups excluding carboxylic acids is 3. The molecule has 0 radical (unpaired) electrons. The fourth-order valence-electron chi connectivity index (χ4n) is 2.00. The van der Waals surface area contributed by atoms with Crippen LogP contribution < -0.4 is 0 Å². The molecule has 0 unspecified atom stereocenters. The molecule has 0 saturated heterocycles. The largest absolute Gasteiger partial charge is 0.287 e. The van der Waals surface area contributed by atoms with E-state index in [1.165, 1.54) is 28.9 Å². The van der Waals surface area contributed by atoms with Crippen molar-refractivity contribution in [2.75, 3.05) is 24.0 Å². The van der Waals surface area contributed by atoms with Gasteiger partial charge in [0.25, 0.3) is 21.9 Å². The Labute approximate surface area is 180 Å². The Hall–Kier alpha value is -0.630. The maximum atomic E-state index is 12.5. The SMILES string of the molecule is C[S+](C)CCCCC(=O)Sc1ccccc1C(=O)N(I)C(=O)CS(=O)(=O)O. The van der Waals surface area contributed by atoms with E-state index in [9.17, 15) is 22.8 Å². The molecule has 1 N–H and O–H groups in total. The first-order valence-electron chi connectivity index (χ1n) is 7.83. The van der Waals surface area contributed by atoms with E-state index >= 15 is 0 Å². The van der Waals surface area contributed by atoms with E-state index < -0.39 is 27.7 Å². The molecular weight excluding hydrogens is 525 g/mol. The summed E-state index contributed by atoms with van der Waals surface area (Å²) in [7, 11) is -4.20. The Morgan fingerprint density at radius 1 is 1.19 bits per heavy atom. The molecule has 0 spiro atoms. The number of carbonyl (C=O) groups is 3. The van der Waals surface area contributed by atoms with Crippen LogP contribution in [0.3, 0.4) is 0 Å². The average molecular weight is 546 g/mol. The highest BCUT2D eigenvalue weighted by Gasteiger charge is 2.26. The van der Waals surface area contributed by atoms with Gasteiger partial charge in [-0.2, -0.15) is 8.42 Å². The molecule has 2 amide bonds. The van der Waals surface area contributed by atoms with Crippen LogP contribution in [0.2, 0.25) is 0 Å². The predicted octanol–water partition coefficient (Wildman–Crippen LogP) is 2.56. The van der Waals surface area contributed by atoms with E-state index in [-0.39, 0.29) is 10.7 Å². The van der Waals surface area contributed by atoms with E-state index in [2.05, 4.69) is 12.5 Å². The van der Waals surface area contributed by atoms with Crippen molar-refractivity contribution in [3.05, 3.63) is 29.8 Å². The molecule has 1 aromatic rings. The monoisotopic (exact) mass is 546 g/mol. The number of nitrogens with zero attached hydrogens (tertiary/aromatic N) is 1. The van der Waals surface area contributed by atoms with Gasteiger partial charge in [0.15, 0.2) is 10.9 Å². The van der Waals surface area contributed by atoms with Crippen molar-refractivity contribution in [3.63, 3.8) is 0 Å². The molecule has 0 saturated carbocycles. The van der Waals surface area contributed by atoms with Gasteiger partial charge in [-0.15, -0.1) is 0 Å². The summed E-state index contributed by atoms with van der Waals surface area (Å²) in [5, 5.41) is -0.0772. The molecular formula is C16H21INO6S3+. The van der Waals surface area contributed by atoms with Crippen LogP contribution in [0, 0.1) is 0 Å². The number of rotatable bonds is 9. The second kappa shape index (κ2) is 11.4. The van der Waals surface area contributed by atoms with Gasteiger partial charge in [0.1, 0.15) is 5.75 Å². The molecule has 0 heterocycles. The van der Waals surface area contributed by atoms with E-state index in [0.717, 1.165) is 30.4 Å². The second-order valence-electron chi connectivity index (χ2n) is 5.82. The summed E-state index contributed by atoms with van der Waals surface area (Å²) >= 11 is 2.32. The molecule has 0 aliphatic heterocycles. The van der Waals surface area contributed by atoms with Crippen molar-refractivity contribution in [3.8, 4) is 0 Å². The van der Waals surface area contributed by atoms with Gasteiger partial charge in [-0.25, -0.2) is 3.11 Å². The summed E-state index contributed by atoms with van der Waals surface area (Å²) < 4.78 is 31.0. The molecule has 0 fully saturated rings. The van der Waals surface area contributed by atoms with Crippen molar-refractivity contribution in [1.82, 2.24) is 3.11 Å². The number of benzene rings is 1. The smallest absolute Gasteiger partial charge is 0.274 e. The van der Waals surface area contributed by atoms with Crippen LogP contribution in [0.15, 0.2) is 29.2 Å². The van der Waals surface area contributed by atoms with E-state index in [1.54, 1.807) is 18.2 Å². The molecule has 1 rings (SSSR count). The summed E-state index contributed by atoms with van der Waals surface area (Å²) in [6, 6.07) is 6.32. The molecule has 7 nitrogen and oxygen atoms in total. The highest BCUT2D eigenvalue weighted by atomic mass is 127. The average Bonchev–Trinajstić information content (AvgIpc) is 2.56. The maximum Gasteiger partial charge on any atom is 0.274 e.